The second-order valence-electron chi connectivity index (χ2n) is 6.10. The maximum Gasteiger partial charge on any atom is 0.0761 e. The summed E-state index contributed by atoms with van der Waals surface area (Å²) in [7, 11) is 0. The van der Waals surface area contributed by atoms with Gasteiger partial charge in [-0.3, -0.25) is 9.88 Å². The molecule has 1 aliphatic heterocycles. The van der Waals surface area contributed by atoms with Gasteiger partial charge in [0.15, 0.2) is 0 Å². The van der Waals surface area contributed by atoms with Crippen LogP contribution in [0.5, 0.6) is 0 Å². The van der Waals surface area contributed by atoms with E-state index in [0.29, 0.717) is 5.92 Å². The van der Waals surface area contributed by atoms with Crippen molar-refractivity contribution >= 4 is 34.9 Å². The third kappa shape index (κ3) is 3.72. The Labute approximate surface area is 143 Å². The fourth-order valence-corrected chi connectivity index (χ4v) is 3.44. The third-order valence-electron chi connectivity index (χ3n) is 4.48. The lowest BCUT2D eigenvalue weighted by Gasteiger charge is -2.34. The fraction of sp³-hybridized carbons (Fsp3) is 0.471. The van der Waals surface area contributed by atoms with Gasteiger partial charge in [-0.1, -0.05) is 17.7 Å². The minimum atomic E-state index is 0. The molecular weight excluding hydrogens is 317 g/mol. The van der Waals surface area contributed by atoms with Crippen LogP contribution in [0.4, 0.5) is 0 Å². The molecule has 0 bridgehead atoms. The Morgan fingerprint density at radius 2 is 2.23 bits per heavy atom. The molecule has 2 heterocycles. The molecule has 1 saturated heterocycles. The summed E-state index contributed by atoms with van der Waals surface area (Å²) in [6, 6.07) is 8.33. The lowest BCUT2D eigenvalue weighted by molar-refractivity contribution is 0.155. The molecule has 3 rings (SSSR count). The van der Waals surface area contributed by atoms with Crippen LogP contribution in [0.1, 0.15) is 25.3 Å². The van der Waals surface area contributed by atoms with E-state index in [1.54, 1.807) is 0 Å². The highest BCUT2D eigenvalue weighted by Crippen LogP contribution is 2.27. The molecule has 22 heavy (non-hydrogen) atoms. The van der Waals surface area contributed by atoms with Gasteiger partial charge in [0, 0.05) is 35.7 Å². The number of piperidine rings is 1. The van der Waals surface area contributed by atoms with Gasteiger partial charge >= 0.3 is 0 Å². The third-order valence-corrected chi connectivity index (χ3v) is 4.81. The van der Waals surface area contributed by atoms with Gasteiger partial charge in [0.05, 0.1) is 5.52 Å². The summed E-state index contributed by atoms with van der Waals surface area (Å²) < 4.78 is 0. The van der Waals surface area contributed by atoms with Crippen LogP contribution >= 0.6 is 24.0 Å². The molecule has 0 amide bonds. The van der Waals surface area contributed by atoms with Crippen LogP contribution in [-0.2, 0) is 6.54 Å². The second-order valence-corrected chi connectivity index (χ2v) is 6.51. The summed E-state index contributed by atoms with van der Waals surface area (Å²) in [6.07, 6.45) is 4.31. The highest BCUT2D eigenvalue weighted by molar-refractivity contribution is 6.35. The van der Waals surface area contributed by atoms with Crippen molar-refractivity contribution in [1.29, 1.82) is 0 Å². The Hall–Kier alpha value is -0.870. The average Bonchev–Trinajstić information content (AvgIpc) is 2.51. The first-order valence-electron chi connectivity index (χ1n) is 7.65. The van der Waals surface area contributed by atoms with E-state index in [1.165, 1.54) is 18.4 Å². The maximum absolute atomic E-state index is 6.27. The van der Waals surface area contributed by atoms with E-state index in [-0.39, 0.29) is 18.4 Å². The number of hydrogen-bond acceptors (Lipinski definition) is 3. The van der Waals surface area contributed by atoms with Gasteiger partial charge < -0.3 is 5.73 Å². The van der Waals surface area contributed by atoms with Crippen LogP contribution in [0.25, 0.3) is 10.9 Å². The first-order chi connectivity index (χ1) is 10.1. The average molecular weight is 340 g/mol. The zero-order valence-corrected chi connectivity index (χ0v) is 14.4. The number of benzene rings is 1. The molecule has 2 N–H and O–H groups in total. The predicted molar refractivity (Wildman–Crippen MR) is 95.7 cm³/mol. The number of likely N-dealkylation sites (tertiary alicyclic amines) is 1. The molecule has 0 radical (unpaired) electrons. The van der Waals surface area contributed by atoms with Crippen molar-refractivity contribution in [2.45, 2.75) is 32.4 Å². The van der Waals surface area contributed by atoms with E-state index < -0.39 is 0 Å². The molecule has 1 aliphatic rings. The summed E-state index contributed by atoms with van der Waals surface area (Å²) >= 11 is 6.27. The highest BCUT2D eigenvalue weighted by Gasteiger charge is 2.23. The number of rotatable bonds is 3. The molecule has 5 heteroatoms. The smallest absolute Gasteiger partial charge is 0.0761 e. The summed E-state index contributed by atoms with van der Waals surface area (Å²) in [5.41, 5.74) is 8.35. The SMILES string of the molecule is CC(N)C1CCCN(Cc2ccc(Cl)c3cccnc23)C1.Cl. The first kappa shape index (κ1) is 17.5. The number of hydrogen-bond donors (Lipinski definition) is 1. The van der Waals surface area contributed by atoms with Gasteiger partial charge in [0.25, 0.3) is 0 Å². The zero-order valence-electron chi connectivity index (χ0n) is 12.8. The van der Waals surface area contributed by atoms with Crippen LogP contribution < -0.4 is 5.73 Å². The van der Waals surface area contributed by atoms with Crippen molar-refractivity contribution in [2.24, 2.45) is 11.7 Å². The van der Waals surface area contributed by atoms with Crippen LogP contribution in [0.15, 0.2) is 30.5 Å². The van der Waals surface area contributed by atoms with Crippen LogP contribution in [0, 0.1) is 5.92 Å². The number of fused-ring (bicyclic) bond motifs is 1. The van der Waals surface area contributed by atoms with Crippen molar-refractivity contribution in [3.05, 3.63) is 41.0 Å². The number of nitrogens with two attached hydrogens (primary N) is 1. The lowest BCUT2D eigenvalue weighted by atomic mass is 9.92. The van der Waals surface area contributed by atoms with E-state index in [9.17, 15) is 0 Å². The Kier molecular flexibility index (Phi) is 6.04. The molecular formula is C17H23Cl2N3. The number of halogens is 2. The number of nitrogens with zero attached hydrogens (tertiary/aromatic N) is 2. The topological polar surface area (TPSA) is 42.1 Å². The molecule has 3 nitrogen and oxygen atoms in total. The summed E-state index contributed by atoms with van der Waals surface area (Å²) in [5, 5.41) is 1.81. The van der Waals surface area contributed by atoms with Gasteiger partial charge in [-0.25, -0.2) is 0 Å². The molecule has 2 atom stereocenters. The molecule has 2 aromatic rings. The number of pyridine rings is 1. The van der Waals surface area contributed by atoms with E-state index in [0.717, 1.165) is 35.6 Å². The molecule has 2 unspecified atom stereocenters. The van der Waals surface area contributed by atoms with E-state index in [2.05, 4.69) is 22.9 Å². The Morgan fingerprint density at radius 3 is 3.00 bits per heavy atom. The standard InChI is InChI=1S/C17H22ClN3.ClH/c1-12(19)13-4-3-9-21(10-13)11-14-6-7-16(18)15-5-2-8-20-17(14)15;/h2,5-8,12-13H,3-4,9-11,19H2,1H3;1H. The summed E-state index contributed by atoms with van der Waals surface area (Å²) in [4.78, 5) is 7.02. The molecule has 0 saturated carbocycles. The summed E-state index contributed by atoms with van der Waals surface area (Å²) in [5.74, 6) is 0.602. The fourth-order valence-electron chi connectivity index (χ4n) is 3.23. The zero-order chi connectivity index (χ0) is 14.8. The van der Waals surface area contributed by atoms with Gasteiger partial charge in [-0.15, -0.1) is 12.4 Å². The van der Waals surface area contributed by atoms with Gasteiger partial charge in [-0.2, -0.15) is 0 Å². The summed E-state index contributed by atoms with van der Waals surface area (Å²) in [6.45, 7) is 5.26. The normalized spacial score (nSPS) is 20.6. The second kappa shape index (κ2) is 7.60. The van der Waals surface area contributed by atoms with Crippen molar-refractivity contribution in [2.75, 3.05) is 13.1 Å². The van der Waals surface area contributed by atoms with Crippen LogP contribution in [0.3, 0.4) is 0 Å². The Bertz CT molecular complexity index is 630. The molecule has 0 spiro atoms. The van der Waals surface area contributed by atoms with Crippen molar-refractivity contribution in [1.82, 2.24) is 9.88 Å². The van der Waals surface area contributed by atoms with Crippen molar-refractivity contribution in [3.63, 3.8) is 0 Å². The van der Waals surface area contributed by atoms with Crippen LogP contribution in [0.2, 0.25) is 5.02 Å². The number of aromatic nitrogens is 1. The minimum Gasteiger partial charge on any atom is -0.328 e. The van der Waals surface area contributed by atoms with E-state index in [4.69, 9.17) is 17.3 Å². The quantitative estimate of drug-likeness (QED) is 0.922. The predicted octanol–water partition coefficient (Wildman–Crippen LogP) is 3.87. The molecule has 120 valence electrons. The molecule has 1 fully saturated rings. The van der Waals surface area contributed by atoms with Crippen molar-refractivity contribution < 1.29 is 0 Å². The Morgan fingerprint density at radius 1 is 1.41 bits per heavy atom. The largest absolute Gasteiger partial charge is 0.328 e. The first-order valence-corrected chi connectivity index (χ1v) is 8.03. The minimum absolute atomic E-state index is 0. The maximum atomic E-state index is 6.27. The molecule has 1 aromatic carbocycles. The van der Waals surface area contributed by atoms with Gasteiger partial charge in [-0.05, 0) is 56.0 Å². The molecule has 1 aromatic heterocycles. The van der Waals surface area contributed by atoms with E-state index >= 15 is 0 Å². The Balaban J connectivity index is 0.00000176. The molecule has 0 aliphatic carbocycles. The monoisotopic (exact) mass is 339 g/mol. The van der Waals surface area contributed by atoms with Crippen LogP contribution in [-0.4, -0.2) is 29.0 Å². The van der Waals surface area contributed by atoms with Gasteiger partial charge in [0.1, 0.15) is 0 Å². The van der Waals surface area contributed by atoms with Gasteiger partial charge in [0.2, 0.25) is 0 Å². The van der Waals surface area contributed by atoms with Crippen molar-refractivity contribution in [3.8, 4) is 0 Å². The lowest BCUT2D eigenvalue weighted by Crippen LogP contribution is -2.41. The van der Waals surface area contributed by atoms with E-state index in [1.807, 2.05) is 24.4 Å². The highest BCUT2D eigenvalue weighted by atomic mass is 35.5.